The molecule has 0 radical (unpaired) electrons. The standard InChI is InChI=1S/C16H22O2Si/c1-6-10-15(17)18-16(19(3,4)5)14-12-9-8-11-13(14)7-2/h6-12,16H,2H2,1,3-5H3/b10-6+. The molecule has 0 spiro atoms. The topological polar surface area (TPSA) is 26.3 Å². The molecule has 0 aromatic heterocycles. The third kappa shape index (κ3) is 4.21. The van der Waals surface area contributed by atoms with Crippen LogP contribution in [0.3, 0.4) is 0 Å². The van der Waals surface area contributed by atoms with Crippen LogP contribution in [0.1, 0.15) is 23.8 Å². The summed E-state index contributed by atoms with van der Waals surface area (Å²) in [5.41, 5.74) is 1.92. The van der Waals surface area contributed by atoms with Crippen molar-refractivity contribution in [1.82, 2.24) is 0 Å². The molecule has 1 unspecified atom stereocenters. The zero-order valence-electron chi connectivity index (χ0n) is 12.1. The summed E-state index contributed by atoms with van der Waals surface area (Å²) in [6.45, 7) is 12.2. The van der Waals surface area contributed by atoms with Crippen LogP contribution in [0.25, 0.3) is 6.08 Å². The molecule has 0 saturated carbocycles. The largest absolute Gasteiger partial charge is 0.458 e. The van der Waals surface area contributed by atoms with E-state index in [0.29, 0.717) is 0 Å². The van der Waals surface area contributed by atoms with Gasteiger partial charge in [-0.3, -0.25) is 0 Å². The van der Waals surface area contributed by atoms with Crippen LogP contribution in [0.2, 0.25) is 19.6 Å². The molecule has 0 aliphatic heterocycles. The van der Waals surface area contributed by atoms with Gasteiger partial charge < -0.3 is 4.74 Å². The molecule has 3 heteroatoms. The van der Waals surface area contributed by atoms with Crippen molar-refractivity contribution in [2.24, 2.45) is 0 Å². The fraction of sp³-hybridized carbons (Fsp3) is 0.312. The van der Waals surface area contributed by atoms with Crippen molar-refractivity contribution >= 4 is 20.1 Å². The second-order valence-corrected chi connectivity index (χ2v) is 10.8. The van der Waals surface area contributed by atoms with E-state index in [2.05, 4.69) is 26.2 Å². The Morgan fingerprint density at radius 2 is 1.95 bits per heavy atom. The summed E-state index contributed by atoms with van der Waals surface area (Å²) in [5, 5.41) is 0. The van der Waals surface area contributed by atoms with Crippen molar-refractivity contribution < 1.29 is 9.53 Å². The number of ether oxygens (including phenoxy) is 1. The molecule has 1 atom stereocenters. The minimum atomic E-state index is -1.69. The molecule has 1 aromatic rings. The highest BCUT2D eigenvalue weighted by atomic mass is 28.3. The van der Waals surface area contributed by atoms with Crippen LogP contribution in [-0.2, 0) is 9.53 Å². The summed E-state index contributed by atoms with van der Waals surface area (Å²) in [6, 6.07) is 7.95. The molecule has 0 aliphatic carbocycles. The number of rotatable bonds is 5. The molecular weight excluding hydrogens is 252 g/mol. The Balaban J connectivity index is 3.17. The Morgan fingerprint density at radius 3 is 2.47 bits per heavy atom. The number of carbonyl (C=O) groups excluding carboxylic acids is 1. The number of hydrogen-bond donors (Lipinski definition) is 0. The first-order valence-corrected chi connectivity index (χ1v) is 10.0. The lowest BCUT2D eigenvalue weighted by Crippen LogP contribution is -2.34. The summed E-state index contributed by atoms with van der Waals surface area (Å²) in [4.78, 5) is 11.8. The fourth-order valence-corrected chi connectivity index (χ4v) is 3.60. The monoisotopic (exact) mass is 274 g/mol. The van der Waals surface area contributed by atoms with Crippen LogP contribution in [-0.4, -0.2) is 14.0 Å². The molecule has 0 bridgehead atoms. The molecule has 1 aromatic carbocycles. The van der Waals surface area contributed by atoms with E-state index >= 15 is 0 Å². The van der Waals surface area contributed by atoms with Gasteiger partial charge in [0, 0.05) is 6.08 Å². The van der Waals surface area contributed by atoms with Gasteiger partial charge in [-0.1, -0.05) is 62.6 Å². The van der Waals surface area contributed by atoms with Crippen molar-refractivity contribution in [3.8, 4) is 0 Å². The normalized spacial score (nSPS) is 13.3. The highest BCUT2D eigenvalue weighted by Crippen LogP contribution is 2.31. The Labute approximate surface area is 116 Å². The van der Waals surface area contributed by atoms with Crippen molar-refractivity contribution in [2.45, 2.75) is 32.3 Å². The van der Waals surface area contributed by atoms with E-state index < -0.39 is 8.07 Å². The molecule has 0 saturated heterocycles. The van der Waals surface area contributed by atoms with Gasteiger partial charge in [-0.25, -0.2) is 4.79 Å². The van der Waals surface area contributed by atoms with Crippen molar-refractivity contribution in [1.29, 1.82) is 0 Å². The Kier molecular flexibility index (Phi) is 5.30. The lowest BCUT2D eigenvalue weighted by Gasteiger charge is -2.29. The molecule has 19 heavy (non-hydrogen) atoms. The first-order chi connectivity index (χ1) is 8.90. The Hall–Kier alpha value is -1.61. The lowest BCUT2D eigenvalue weighted by atomic mass is 10.1. The quantitative estimate of drug-likeness (QED) is 0.453. The van der Waals surface area contributed by atoms with Gasteiger partial charge in [0.1, 0.15) is 5.73 Å². The van der Waals surface area contributed by atoms with Gasteiger partial charge in [-0.15, -0.1) is 0 Å². The van der Waals surface area contributed by atoms with Crippen molar-refractivity contribution in [3.63, 3.8) is 0 Å². The van der Waals surface area contributed by atoms with E-state index in [0.717, 1.165) is 11.1 Å². The molecule has 0 heterocycles. The van der Waals surface area contributed by atoms with Crippen LogP contribution in [0, 0.1) is 0 Å². The van der Waals surface area contributed by atoms with Gasteiger partial charge in [0.05, 0.1) is 8.07 Å². The second-order valence-electron chi connectivity index (χ2n) is 5.52. The minimum Gasteiger partial charge on any atom is -0.458 e. The number of hydrogen-bond acceptors (Lipinski definition) is 2. The van der Waals surface area contributed by atoms with Gasteiger partial charge in [0.15, 0.2) is 0 Å². The first kappa shape index (κ1) is 15.4. The predicted molar refractivity (Wildman–Crippen MR) is 83.5 cm³/mol. The number of allylic oxidation sites excluding steroid dienone is 1. The van der Waals surface area contributed by atoms with Crippen LogP contribution >= 0.6 is 0 Å². The average molecular weight is 274 g/mol. The van der Waals surface area contributed by atoms with Crippen molar-refractivity contribution in [2.75, 3.05) is 0 Å². The SMILES string of the molecule is C=Cc1ccccc1C(OC(=O)/C=C/C)[Si](C)(C)C. The molecule has 0 N–H and O–H groups in total. The van der Waals surface area contributed by atoms with Crippen LogP contribution < -0.4 is 0 Å². The first-order valence-electron chi connectivity index (χ1n) is 6.44. The third-order valence-corrected chi connectivity index (χ3v) is 4.82. The lowest BCUT2D eigenvalue weighted by molar-refractivity contribution is -0.140. The summed E-state index contributed by atoms with van der Waals surface area (Å²) >= 11 is 0. The number of carbonyl (C=O) groups is 1. The van der Waals surface area contributed by atoms with E-state index in [1.165, 1.54) is 6.08 Å². The van der Waals surface area contributed by atoms with Gasteiger partial charge in [0.2, 0.25) is 0 Å². The van der Waals surface area contributed by atoms with E-state index in [1.807, 2.05) is 37.3 Å². The second kappa shape index (κ2) is 6.52. The summed E-state index contributed by atoms with van der Waals surface area (Å²) in [6.07, 6.45) is 4.97. The fourth-order valence-electron chi connectivity index (χ4n) is 1.93. The third-order valence-electron chi connectivity index (χ3n) is 2.82. The van der Waals surface area contributed by atoms with E-state index in [1.54, 1.807) is 6.08 Å². The molecule has 0 aliphatic rings. The Bertz CT molecular complexity index is 484. The zero-order chi connectivity index (χ0) is 14.5. The van der Waals surface area contributed by atoms with Gasteiger partial charge in [-0.05, 0) is 18.1 Å². The molecule has 1 rings (SSSR count). The highest BCUT2D eigenvalue weighted by molar-refractivity contribution is 6.77. The maximum Gasteiger partial charge on any atom is 0.330 e. The van der Waals surface area contributed by atoms with E-state index in [9.17, 15) is 4.79 Å². The predicted octanol–water partition coefficient (Wildman–Crippen LogP) is 4.37. The van der Waals surface area contributed by atoms with Gasteiger partial charge >= 0.3 is 5.97 Å². The highest BCUT2D eigenvalue weighted by Gasteiger charge is 2.32. The minimum absolute atomic E-state index is 0.162. The maximum absolute atomic E-state index is 11.8. The van der Waals surface area contributed by atoms with E-state index in [-0.39, 0.29) is 11.7 Å². The van der Waals surface area contributed by atoms with Crippen LogP contribution in [0.15, 0.2) is 43.0 Å². The van der Waals surface area contributed by atoms with E-state index in [4.69, 9.17) is 4.74 Å². The molecule has 0 amide bonds. The molecule has 0 fully saturated rings. The number of esters is 1. The smallest absolute Gasteiger partial charge is 0.330 e. The zero-order valence-corrected chi connectivity index (χ0v) is 13.1. The van der Waals surface area contributed by atoms with Gasteiger partial charge in [-0.2, -0.15) is 0 Å². The summed E-state index contributed by atoms with van der Waals surface area (Å²) < 4.78 is 5.67. The summed E-state index contributed by atoms with van der Waals surface area (Å²) in [7, 11) is -1.69. The molecule has 2 nitrogen and oxygen atoms in total. The van der Waals surface area contributed by atoms with Gasteiger partial charge in [0.25, 0.3) is 0 Å². The summed E-state index contributed by atoms with van der Waals surface area (Å²) in [5.74, 6) is -0.284. The van der Waals surface area contributed by atoms with Crippen LogP contribution in [0.4, 0.5) is 0 Å². The number of benzene rings is 1. The molecule has 102 valence electrons. The molecular formula is C16H22O2Si. The van der Waals surface area contributed by atoms with Crippen LogP contribution in [0.5, 0.6) is 0 Å². The van der Waals surface area contributed by atoms with Crippen molar-refractivity contribution in [3.05, 3.63) is 54.1 Å². The maximum atomic E-state index is 11.8. The Morgan fingerprint density at radius 1 is 1.32 bits per heavy atom. The average Bonchev–Trinajstić information content (AvgIpc) is 2.35.